The van der Waals surface area contributed by atoms with E-state index in [9.17, 15) is 39.8 Å². The lowest BCUT2D eigenvalue weighted by atomic mass is 9.85. The summed E-state index contributed by atoms with van der Waals surface area (Å²) in [6.45, 7) is 4.08. The van der Waals surface area contributed by atoms with E-state index in [-0.39, 0.29) is 13.0 Å². The highest BCUT2D eigenvalue weighted by Crippen LogP contribution is 2.47. The predicted molar refractivity (Wildman–Crippen MR) is 248 cm³/mol. The quantitative estimate of drug-likeness (QED) is 0.0148. The Hall–Kier alpha value is -2.22. The molecule has 1 saturated carbocycles. The highest BCUT2D eigenvalue weighted by atomic mass is 31.2. The fraction of sp³-hybridized carbons (Fsp3) is 0.735. The first-order valence-electron chi connectivity index (χ1n) is 23.8. The van der Waals surface area contributed by atoms with Crippen molar-refractivity contribution < 1.29 is 58.3 Å². The molecule has 12 nitrogen and oxygen atoms in total. The van der Waals surface area contributed by atoms with Gasteiger partial charge >= 0.3 is 13.8 Å². The monoisotopic (exact) mass is 897 g/mol. The van der Waals surface area contributed by atoms with Gasteiger partial charge in [0.2, 0.25) is 0 Å². The Morgan fingerprint density at radius 3 is 1.45 bits per heavy atom. The first-order valence-corrected chi connectivity index (χ1v) is 25.3. The molecule has 0 heterocycles. The summed E-state index contributed by atoms with van der Waals surface area (Å²) in [4.78, 5) is 23.1. The van der Waals surface area contributed by atoms with Crippen LogP contribution in [-0.2, 0) is 27.9 Å². The van der Waals surface area contributed by atoms with Crippen LogP contribution in [0, 0.1) is 0 Å². The smallest absolute Gasteiger partial charge is 0.457 e. The topological polar surface area (TPSA) is 192 Å². The molecule has 6 atom stereocenters. The fourth-order valence-corrected chi connectivity index (χ4v) is 7.80. The van der Waals surface area contributed by atoms with E-state index in [1.807, 2.05) is 0 Å². The molecule has 1 rings (SSSR count). The van der Waals surface area contributed by atoms with Crippen molar-refractivity contribution in [2.45, 2.75) is 211 Å². The zero-order valence-corrected chi connectivity index (χ0v) is 39.0. The summed E-state index contributed by atoms with van der Waals surface area (Å²) in [5, 5.41) is 50.2. The summed E-state index contributed by atoms with van der Waals surface area (Å²) in [5.74, 6) is -0.489. The first kappa shape index (κ1) is 57.8. The average Bonchev–Trinajstić information content (AvgIpc) is 3.26. The van der Waals surface area contributed by atoms with Crippen LogP contribution in [0.4, 0.5) is 0 Å². The molecule has 0 radical (unpaired) electrons. The van der Waals surface area contributed by atoms with Crippen LogP contribution in [0.25, 0.3) is 0 Å². The summed E-state index contributed by atoms with van der Waals surface area (Å²) < 4.78 is 34.1. The Labute approximate surface area is 374 Å². The van der Waals surface area contributed by atoms with Gasteiger partial charge in [0.25, 0.3) is 0 Å². The summed E-state index contributed by atoms with van der Waals surface area (Å²) in [6, 6.07) is 0. The van der Waals surface area contributed by atoms with Gasteiger partial charge in [-0.05, 0) is 64.2 Å². The van der Waals surface area contributed by atoms with Gasteiger partial charge in [-0.2, -0.15) is 0 Å². The van der Waals surface area contributed by atoms with Crippen LogP contribution in [0.3, 0.4) is 0 Å². The van der Waals surface area contributed by atoms with E-state index in [4.69, 9.17) is 18.5 Å². The zero-order chi connectivity index (χ0) is 45.5. The summed E-state index contributed by atoms with van der Waals surface area (Å²) in [6.07, 6.45) is 38.3. The van der Waals surface area contributed by atoms with Crippen LogP contribution in [0.2, 0.25) is 0 Å². The summed E-state index contributed by atoms with van der Waals surface area (Å²) in [7, 11) is -5.02. The maximum atomic E-state index is 12.8. The molecule has 1 fully saturated rings. The molecule has 0 amide bonds. The van der Waals surface area contributed by atoms with Gasteiger partial charge in [-0.15, -0.1) is 0 Å². The van der Waals surface area contributed by atoms with E-state index in [0.29, 0.717) is 13.0 Å². The molecule has 1 aliphatic carbocycles. The van der Waals surface area contributed by atoms with Crippen LogP contribution < -0.4 is 0 Å². The fourth-order valence-electron chi connectivity index (χ4n) is 6.83. The van der Waals surface area contributed by atoms with Crippen LogP contribution in [-0.4, -0.2) is 98.9 Å². The van der Waals surface area contributed by atoms with Gasteiger partial charge in [-0.25, -0.2) is 4.57 Å². The van der Waals surface area contributed by atoms with Crippen molar-refractivity contribution in [2.24, 2.45) is 0 Å². The van der Waals surface area contributed by atoms with Crippen molar-refractivity contribution in [1.82, 2.24) is 0 Å². The van der Waals surface area contributed by atoms with Gasteiger partial charge < -0.3 is 39.9 Å². The number of aliphatic hydroxyl groups excluding tert-OH is 5. The van der Waals surface area contributed by atoms with Crippen molar-refractivity contribution in [3.63, 3.8) is 0 Å². The van der Waals surface area contributed by atoms with Gasteiger partial charge in [0.15, 0.2) is 0 Å². The third-order valence-corrected chi connectivity index (χ3v) is 11.6. The molecule has 6 N–H and O–H groups in total. The van der Waals surface area contributed by atoms with Gasteiger partial charge in [0.1, 0.15) is 42.7 Å². The minimum absolute atomic E-state index is 0.0923. The molecular weight excluding hydrogens is 812 g/mol. The van der Waals surface area contributed by atoms with Crippen molar-refractivity contribution in [1.29, 1.82) is 0 Å². The van der Waals surface area contributed by atoms with E-state index in [2.05, 4.69) is 86.8 Å². The molecular formula is C49H85O12P. The Bertz CT molecular complexity index is 1300. The number of unbranched alkanes of at least 4 members (excludes halogenated alkanes) is 15. The van der Waals surface area contributed by atoms with E-state index in [1.165, 1.54) is 44.9 Å². The molecule has 0 aromatic carbocycles. The number of allylic oxidation sites excluding steroid dienone is 12. The number of hydrogen-bond donors (Lipinski definition) is 6. The molecule has 358 valence electrons. The number of ether oxygens (including phenoxy) is 2. The van der Waals surface area contributed by atoms with Gasteiger partial charge in [0.05, 0.1) is 13.2 Å². The van der Waals surface area contributed by atoms with Crippen LogP contribution in [0.15, 0.2) is 72.9 Å². The lowest BCUT2D eigenvalue weighted by Gasteiger charge is -2.41. The number of carbonyl (C=O) groups excluding carboxylic acids is 1. The lowest BCUT2D eigenvalue weighted by Crippen LogP contribution is -2.64. The van der Waals surface area contributed by atoms with E-state index in [1.54, 1.807) is 0 Å². The van der Waals surface area contributed by atoms with Gasteiger partial charge in [0, 0.05) is 13.0 Å². The second-order valence-electron chi connectivity index (χ2n) is 16.2. The number of phosphoric acid groups is 1. The van der Waals surface area contributed by atoms with Crippen molar-refractivity contribution >= 4 is 13.8 Å². The maximum absolute atomic E-state index is 12.8. The summed E-state index contributed by atoms with van der Waals surface area (Å²) >= 11 is 0. The maximum Gasteiger partial charge on any atom is 0.472 e. The molecule has 0 aromatic heterocycles. The molecule has 0 spiro atoms. The lowest BCUT2D eigenvalue weighted by molar-refractivity contribution is -0.220. The average molecular weight is 897 g/mol. The molecule has 13 heteroatoms. The van der Waals surface area contributed by atoms with Crippen molar-refractivity contribution in [2.75, 3.05) is 19.8 Å². The van der Waals surface area contributed by atoms with Crippen LogP contribution in [0.1, 0.15) is 168 Å². The number of esters is 1. The Morgan fingerprint density at radius 2 is 0.952 bits per heavy atom. The Morgan fingerprint density at radius 1 is 0.532 bits per heavy atom. The SMILES string of the molecule is CC/C=C\C/C=C\C/C=C\C/C=C\C/C=C\C/C=C\CCCCCCCOCC(COP(=O)(O)OC1C(O)C(O)C(O)C(O)C1O)OC(=O)CCCCCCCCCCCCC. The van der Waals surface area contributed by atoms with E-state index in [0.717, 1.165) is 96.3 Å². The molecule has 1 aliphatic rings. The summed E-state index contributed by atoms with van der Waals surface area (Å²) in [5.41, 5.74) is 0. The van der Waals surface area contributed by atoms with E-state index < -0.39 is 63.1 Å². The van der Waals surface area contributed by atoms with Crippen LogP contribution >= 0.6 is 7.82 Å². The number of carbonyl (C=O) groups is 1. The number of phosphoric ester groups is 1. The molecule has 0 saturated heterocycles. The molecule has 0 bridgehead atoms. The largest absolute Gasteiger partial charge is 0.472 e. The van der Waals surface area contributed by atoms with Crippen molar-refractivity contribution in [3.8, 4) is 0 Å². The number of hydrogen-bond acceptors (Lipinski definition) is 11. The standard InChI is InChI=1S/C49H85O12P/c1-3-5-7-9-11-13-15-16-17-18-19-20-21-22-23-24-25-26-27-29-31-33-35-37-39-58-40-42(60-43(50)38-36-34-32-30-28-14-12-10-8-6-4-2)41-59-62(56,57)61-49-47(54)45(52)44(51)46(53)48(49)55/h5,7,11,13,16-17,19-20,22-23,25-26,42,44-49,51-55H,3-4,6,8-10,12,14-15,18,21,24,27-41H2,1-2H3,(H,56,57)/b7-5-,13-11-,17-16-,20-19-,23-22-,26-25-. The second-order valence-corrected chi connectivity index (χ2v) is 17.6. The second kappa shape index (κ2) is 39.2. The molecule has 62 heavy (non-hydrogen) atoms. The van der Waals surface area contributed by atoms with E-state index >= 15 is 0 Å². The zero-order valence-electron chi connectivity index (χ0n) is 38.1. The minimum atomic E-state index is -5.02. The highest BCUT2D eigenvalue weighted by molar-refractivity contribution is 7.47. The number of aliphatic hydroxyl groups is 5. The first-order chi connectivity index (χ1) is 30.0. The Kier molecular flexibility index (Phi) is 36.5. The van der Waals surface area contributed by atoms with Crippen molar-refractivity contribution in [3.05, 3.63) is 72.9 Å². The molecule has 0 aliphatic heterocycles. The number of rotatable bonds is 39. The predicted octanol–water partition coefficient (Wildman–Crippen LogP) is 9.97. The normalized spacial score (nSPS) is 22.6. The third kappa shape index (κ3) is 30.8. The van der Waals surface area contributed by atoms with Crippen LogP contribution in [0.5, 0.6) is 0 Å². The highest BCUT2D eigenvalue weighted by Gasteiger charge is 2.51. The minimum Gasteiger partial charge on any atom is -0.457 e. The molecule has 0 aromatic rings. The van der Waals surface area contributed by atoms with Gasteiger partial charge in [-0.3, -0.25) is 13.8 Å². The third-order valence-electron chi connectivity index (χ3n) is 10.6. The van der Waals surface area contributed by atoms with Gasteiger partial charge in [-0.1, -0.05) is 170 Å². The molecule has 6 unspecified atom stereocenters. The Balaban J connectivity index is 2.36.